The standard InChI is InChI=1S/C14H23N3/c1-4-12(9-10-15-2)11-17-14-8-6-5-7-13(14)16-3/h5-8,12,15,17H,3-4,9-11H2,1-2H3. The first-order valence-corrected chi connectivity index (χ1v) is 6.26. The van der Waals surface area contributed by atoms with E-state index >= 15 is 0 Å². The van der Waals surface area contributed by atoms with Crippen LogP contribution in [-0.4, -0.2) is 26.9 Å². The third kappa shape index (κ3) is 4.57. The van der Waals surface area contributed by atoms with Gasteiger partial charge in [0.05, 0.1) is 11.4 Å². The Morgan fingerprint density at radius 2 is 2.12 bits per heavy atom. The first kappa shape index (κ1) is 13.7. The molecule has 17 heavy (non-hydrogen) atoms. The molecule has 0 aromatic heterocycles. The predicted octanol–water partition coefficient (Wildman–Crippen LogP) is 3.07. The highest BCUT2D eigenvalue weighted by atomic mass is 14.9. The van der Waals surface area contributed by atoms with Gasteiger partial charge in [-0.15, -0.1) is 0 Å². The summed E-state index contributed by atoms with van der Waals surface area (Å²) in [4.78, 5) is 4.01. The van der Waals surface area contributed by atoms with Crippen molar-refractivity contribution in [3.8, 4) is 0 Å². The maximum Gasteiger partial charge on any atom is 0.0853 e. The lowest BCUT2D eigenvalue weighted by molar-refractivity contribution is 0.483. The average molecular weight is 233 g/mol. The molecular formula is C14H23N3. The van der Waals surface area contributed by atoms with Crippen molar-refractivity contribution in [1.82, 2.24) is 5.32 Å². The molecule has 0 aliphatic heterocycles. The molecule has 0 radical (unpaired) electrons. The third-order valence-electron chi connectivity index (χ3n) is 3.04. The van der Waals surface area contributed by atoms with Crippen LogP contribution >= 0.6 is 0 Å². The number of nitrogens with zero attached hydrogens (tertiary/aromatic N) is 1. The van der Waals surface area contributed by atoms with Crippen molar-refractivity contribution in [2.75, 3.05) is 25.5 Å². The van der Waals surface area contributed by atoms with Crippen LogP contribution in [0.15, 0.2) is 29.3 Å². The molecule has 0 aliphatic rings. The lowest BCUT2D eigenvalue weighted by Crippen LogP contribution is -2.19. The van der Waals surface area contributed by atoms with E-state index in [4.69, 9.17) is 0 Å². The normalized spacial score (nSPS) is 12.1. The highest BCUT2D eigenvalue weighted by Crippen LogP contribution is 2.24. The highest BCUT2D eigenvalue weighted by Gasteiger charge is 2.06. The summed E-state index contributed by atoms with van der Waals surface area (Å²) in [6.45, 7) is 7.89. The summed E-state index contributed by atoms with van der Waals surface area (Å²) in [5.41, 5.74) is 2.00. The minimum absolute atomic E-state index is 0.695. The molecule has 0 fully saturated rings. The molecule has 0 heterocycles. The lowest BCUT2D eigenvalue weighted by atomic mass is 10.0. The van der Waals surface area contributed by atoms with E-state index in [0.29, 0.717) is 5.92 Å². The van der Waals surface area contributed by atoms with E-state index < -0.39 is 0 Å². The zero-order valence-electron chi connectivity index (χ0n) is 10.9. The molecule has 1 aromatic rings. The number of nitrogens with one attached hydrogen (secondary N) is 2. The summed E-state index contributed by atoms with van der Waals surface area (Å²) in [6, 6.07) is 8.03. The van der Waals surface area contributed by atoms with Gasteiger partial charge in [0.1, 0.15) is 0 Å². The van der Waals surface area contributed by atoms with Crippen LogP contribution in [-0.2, 0) is 0 Å². The van der Waals surface area contributed by atoms with Crippen LogP contribution in [0, 0.1) is 5.92 Å². The molecule has 1 atom stereocenters. The Morgan fingerprint density at radius 3 is 2.76 bits per heavy atom. The first-order valence-electron chi connectivity index (χ1n) is 6.26. The van der Waals surface area contributed by atoms with E-state index in [-0.39, 0.29) is 0 Å². The number of aliphatic imine (C=N–C) groups is 1. The fourth-order valence-corrected chi connectivity index (χ4v) is 1.81. The molecule has 1 rings (SSSR count). The van der Waals surface area contributed by atoms with Gasteiger partial charge in [-0.3, -0.25) is 4.99 Å². The highest BCUT2D eigenvalue weighted by molar-refractivity contribution is 5.67. The van der Waals surface area contributed by atoms with E-state index in [1.54, 1.807) is 0 Å². The van der Waals surface area contributed by atoms with Crippen LogP contribution < -0.4 is 10.6 Å². The van der Waals surface area contributed by atoms with Crippen LogP contribution in [0.1, 0.15) is 19.8 Å². The van der Waals surface area contributed by atoms with Crippen molar-refractivity contribution in [2.24, 2.45) is 10.9 Å². The van der Waals surface area contributed by atoms with E-state index in [1.807, 2.05) is 25.2 Å². The zero-order valence-corrected chi connectivity index (χ0v) is 10.9. The van der Waals surface area contributed by atoms with Crippen LogP contribution in [0.4, 0.5) is 11.4 Å². The summed E-state index contributed by atoms with van der Waals surface area (Å²) in [6.07, 6.45) is 2.39. The van der Waals surface area contributed by atoms with Gasteiger partial charge in [-0.1, -0.05) is 25.5 Å². The molecule has 0 aliphatic carbocycles. The van der Waals surface area contributed by atoms with E-state index in [0.717, 1.165) is 24.5 Å². The summed E-state index contributed by atoms with van der Waals surface area (Å²) >= 11 is 0. The Morgan fingerprint density at radius 1 is 1.35 bits per heavy atom. The largest absolute Gasteiger partial charge is 0.383 e. The second-order valence-electron chi connectivity index (χ2n) is 4.22. The maximum atomic E-state index is 4.01. The number of hydrogen-bond donors (Lipinski definition) is 2. The molecule has 0 saturated heterocycles. The summed E-state index contributed by atoms with van der Waals surface area (Å²) in [7, 11) is 2.00. The van der Waals surface area contributed by atoms with Gasteiger partial charge in [-0.25, -0.2) is 0 Å². The van der Waals surface area contributed by atoms with Crippen molar-refractivity contribution in [3.05, 3.63) is 24.3 Å². The van der Waals surface area contributed by atoms with E-state index in [1.165, 1.54) is 12.8 Å². The molecule has 0 saturated carbocycles. The maximum absolute atomic E-state index is 4.01. The Balaban J connectivity index is 2.50. The lowest BCUT2D eigenvalue weighted by Gasteiger charge is -2.17. The Labute approximate surface area is 104 Å². The number of rotatable bonds is 8. The molecule has 0 bridgehead atoms. The van der Waals surface area contributed by atoms with Crippen molar-refractivity contribution >= 4 is 18.1 Å². The quantitative estimate of drug-likeness (QED) is 0.677. The van der Waals surface area contributed by atoms with Gasteiger partial charge in [-0.2, -0.15) is 0 Å². The average Bonchev–Trinajstić information content (AvgIpc) is 2.39. The van der Waals surface area contributed by atoms with Gasteiger partial charge < -0.3 is 10.6 Å². The molecule has 94 valence electrons. The second kappa shape index (κ2) is 7.85. The molecule has 2 N–H and O–H groups in total. The van der Waals surface area contributed by atoms with Crippen LogP contribution in [0.3, 0.4) is 0 Å². The van der Waals surface area contributed by atoms with Crippen molar-refractivity contribution in [3.63, 3.8) is 0 Å². The molecular weight excluding hydrogens is 210 g/mol. The molecule has 1 aromatic carbocycles. The zero-order chi connectivity index (χ0) is 12.5. The van der Waals surface area contributed by atoms with E-state index in [2.05, 4.69) is 35.3 Å². The van der Waals surface area contributed by atoms with Gasteiger partial charge in [-0.05, 0) is 44.8 Å². The minimum atomic E-state index is 0.695. The number of para-hydroxylation sites is 2. The monoisotopic (exact) mass is 233 g/mol. The third-order valence-corrected chi connectivity index (χ3v) is 3.04. The number of hydrogen-bond acceptors (Lipinski definition) is 3. The van der Waals surface area contributed by atoms with Gasteiger partial charge in [0.15, 0.2) is 0 Å². The van der Waals surface area contributed by atoms with Crippen molar-refractivity contribution in [2.45, 2.75) is 19.8 Å². The number of anilines is 1. The van der Waals surface area contributed by atoms with E-state index in [9.17, 15) is 0 Å². The van der Waals surface area contributed by atoms with Crippen molar-refractivity contribution in [1.29, 1.82) is 0 Å². The Bertz CT molecular complexity index is 336. The number of benzene rings is 1. The van der Waals surface area contributed by atoms with Crippen LogP contribution in [0.25, 0.3) is 0 Å². The van der Waals surface area contributed by atoms with Gasteiger partial charge in [0.25, 0.3) is 0 Å². The van der Waals surface area contributed by atoms with Gasteiger partial charge >= 0.3 is 0 Å². The molecule has 3 nitrogen and oxygen atoms in total. The minimum Gasteiger partial charge on any atom is -0.383 e. The second-order valence-corrected chi connectivity index (χ2v) is 4.22. The van der Waals surface area contributed by atoms with Gasteiger partial charge in [0, 0.05) is 6.54 Å². The van der Waals surface area contributed by atoms with Gasteiger partial charge in [0.2, 0.25) is 0 Å². The summed E-state index contributed by atoms with van der Waals surface area (Å²) in [5, 5.41) is 6.66. The molecule has 3 heteroatoms. The van der Waals surface area contributed by atoms with Crippen molar-refractivity contribution < 1.29 is 0 Å². The SMILES string of the molecule is C=Nc1ccccc1NCC(CC)CCNC. The fourth-order valence-electron chi connectivity index (χ4n) is 1.81. The topological polar surface area (TPSA) is 36.4 Å². The summed E-state index contributed by atoms with van der Waals surface area (Å²) in [5.74, 6) is 0.695. The fraction of sp³-hybridized carbons (Fsp3) is 0.500. The Hall–Kier alpha value is -1.35. The Kier molecular flexibility index (Phi) is 6.33. The summed E-state index contributed by atoms with van der Waals surface area (Å²) < 4.78 is 0. The smallest absolute Gasteiger partial charge is 0.0853 e. The van der Waals surface area contributed by atoms with Crippen LogP contribution in [0.5, 0.6) is 0 Å². The first-order chi connectivity index (χ1) is 8.31. The van der Waals surface area contributed by atoms with Crippen LogP contribution in [0.2, 0.25) is 0 Å². The molecule has 0 amide bonds. The molecule has 0 spiro atoms. The predicted molar refractivity (Wildman–Crippen MR) is 76.5 cm³/mol. The molecule has 1 unspecified atom stereocenters.